The number of pyridine rings is 1. The van der Waals surface area contributed by atoms with Crippen molar-refractivity contribution in [2.24, 2.45) is 5.92 Å². The molecule has 1 amide bonds. The molecule has 0 aromatic carbocycles. The molecule has 1 fully saturated rings. The largest absolute Gasteiger partial charge is 0.360 e. The van der Waals surface area contributed by atoms with Crippen molar-refractivity contribution in [1.29, 1.82) is 0 Å². The number of amides is 1. The minimum absolute atomic E-state index is 0.0831. The Kier molecular flexibility index (Phi) is 3.69. The van der Waals surface area contributed by atoms with Gasteiger partial charge in [-0.25, -0.2) is 4.98 Å². The lowest BCUT2D eigenvalue weighted by Crippen LogP contribution is -2.51. The van der Waals surface area contributed by atoms with Crippen molar-refractivity contribution >= 4 is 16.8 Å². The van der Waals surface area contributed by atoms with Gasteiger partial charge in [0.05, 0.1) is 11.7 Å². The number of nitrogens with zero attached hydrogens (tertiary/aromatic N) is 1. The van der Waals surface area contributed by atoms with Gasteiger partial charge in [0.15, 0.2) is 0 Å². The molecule has 0 radical (unpaired) electrons. The molecule has 0 aliphatic carbocycles. The van der Waals surface area contributed by atoms with Crippen LogP contribution in [-0.2, 0) is 0 Å². The summed E-state index contributed by atoms with van der Waals surface area (Å²) in [6, 6.07) is 3.98. The van der Waals surface area contributed by atoms with E-state index in [1.165, 1.54) is 0 Å². The van der Waals surface area contributed by atoms with Gasteiger partial charge in [-0.1, -0.05) is 13.3 Å². The Hall–Kier alpha value is -1.88. The van der Waals surface area contributed by atoms with Crippen LogP contribution in [0.3, 0.4) is 0 Å². The van der Waals surface area contributed by atoms with Crippen molar-refractivity contribution in [2.45, 2.75) is 25.8 Å². The summed E-state index contributed by atoms with van der Waals surface area (Å²) in [4.78, 5) is 19.6. The van der Waals surface area contributed by atoms with E-state index in [2.05, 4.69) is 27.5 Å². The van der Waals surface area contributed by atoms with Crippen molar-refractivity contribution in [3.05, 3.63) is 30.2 Å². The maximum Gasteiger partial charge on any atom is 0.270 e. The Morgan fingerprint density at radius 1 is 1.55 bits per heavy atom. The minimum Gasteiger partial charge on any atom is -0.360 e. The van der Waals surface area contributed by atoms with Crippen LogP contribution in [0.4, 0.5) is 0 Å². The Morgan fingerprint density at radius 2 is 2.45 bits per heavy atom. The Morgan fingerprint density at radius 3 is 3.30 bits per heavy atom. The molecule has 5 nitrogen and oxygen atoms in total. The minimum atomic E-state index is -0.0831. The fourth-order valence-electron chi connectivity index (χ4n) is 2.89. The number of carbonyl (C=O) groups excluding carboxylic acids is 1. The van der Waals surface area contributed by atoms with Gasteiger partial charge in [-0.15, -0.1) is 0 Å². The van der Waals surface area contributed by atoms with Gasteiger partial charge in [0.25, 0.3) is 5.91 Å². The first-order chi connectivity index (χ1) is 9.78. The number of aromatic nitrogens is 2. The first kappa shape index (κ1) is 13.1. The SMILES string of the molecule is CCC1CCNCC1NC(=O)c1cc2cc[nH]c2cn1. The Labute approximate surface area is 118 Å². The second-order valence-electron chi connectivity index (χ2n) is 5.38. The van der Waals surface area contributed by atoms with Gasteiger partial charge in [0.1, 0.15) is 5.69 Å². The molecule has 1 saturated heterocycles. The van der Waals surface area contributed by atoms with E-state index in [-0.39, 0.29) is 11.9 Å². The molecule has 2 aromatic heterocycles. The zero-order valence-electron chi connectivity index (χ0n) is 11.6. The third kappa shape index (κ3) is 2.54. The lowest BCUT2D eigenvalue weighted by Gasteiger charge is -2.32. The van der Waals surface area contributed by atoms with E-state index in [9.17, 15) is 4.79 Å². The van der Waals surface area contributed by atoms with Crippen molar-refractivity contribution < 1.29 is 4.79 Å². The third-order valence-electron chi connectivity index (χ3n) is 4.14. The molecular formula is C15H20N4O. The van der Waals surface area contributed by atoms with Crippen LogP contribution in [0, 0.1) is 5.92 Å². The lowest BCUT2D eigenvalue weighted by atomic mass is 9.90. The second kappa shape index (κ2) is 5.63. The van der Waals surface area contributed by atoms with Gasteiger partial charge in [0.2, 0.25) is 0 Å². The summed E-state index contributed by atoms with van der Waals surface area (Å²) in [5, 5.41) is 7.47. The smallest absolute Gasteiger partial charge is 0.270 e. The molecule has 2 aromatic rings. The second-order valence-corrected chi connectivity index (χ2v) is 5.38. The standard InChI is InChI=1S/C15H20N4O/c1-2-10-3-5-16-8-14(10)19-15(20)12-7-11-4-6-17-13(11)9-18-12/h4,6-7,9-10,14,16-17H,2-3,5,8H2,1H3,(H,19,20). The molecule has 106 valence electrons. The average molecular weight is 272 g/mol. The normalized spacial score (nSPS) is 22.9. The fourth-order valence-corrected chi connectivity index (χ4v) is 2.89. The molecule has 0 bridgehead atoms. The molecule has 0 saturated carbocycles. The van der Waals surface area contributed by atoms with Gasteiger partial charge >= 0.3 is 0 Å². The maximum absolute atomic E-state index is 12.3. The highest BCUT2D eigenvalue weighted by Gasteiger charge is 2.25. The first-order valence-electron chi connectivity index (χ1n) is 7.22. The predicted octanol–water partition coefficient (Wildman–Crippen LogP) is 1.68. The van der Waals surface area contributed by atoms with Crippen molar-refractivity contribution in [3.8, 4) is 0 Å². The van der Waals surface area contributed by atoms with E-state index in [0.717, 1.165) is 36.8 Å². The van der Waals surface area contributed by atoms with Crippen LogP contribution in [0.25, 0.3) is 10.9 Å². The highest BCUT2D eigenvalue weighted by Crippen LogP contribution is 2.17. The van der Waals surface area contributed by atoms with Crippen molar-refractivity contribution in [2.75, 3.05) is 13.1 Å². The molecule has 1 aliphatic heterocycles. The predicted molar refractivity (Wildman–Crippen MR) is 78.6 cm³/mol. The number of fused-ring (bicyclic) bond motifs is 1. The van der Waals surface area contributed by atoms with E-state index in [4.69, 9.17) is 0 Å². The number of rotatable bonds is 3. The molecule has 20 heavy (non-hydrogen) atoms. The fraction of sp³-hybridized carbons (Fsp3) is 0.467. The summed E-state index contributed by atoms with van der Waals surface area (Å²) >= 11 is 0. The number of carbonyl (C=O) groups is 1. The van der Waals surface area contributed by atoms with E-state index in [0.29, 0.717) is 11.6 Å². The van der Waals surface area contributed by atoms with Crippen LogP contribution in [0.2, 0.25) is 0 Å². The molecule has 1 aliphatic rings. The summed E-state index contributed by atoms with van der Waals surface area (Å²) in [7, 11) is 0. The lowest BCUT2D eigenvalue weighted by molar-refractivity contribution is 0.0905. The van der Waals surface area contributed by atoms with E-state index in [1.54, 1.807) is 6.20 Å². The summed E-state index contributed by atoms with van der Waals surface area (Å²) in [6.07, 6.45) is 5.77. The van der Waals surface area contributed by atoms with Crippen molar-refractivity contribution in [1.82, 2.24) is 20.6 Å². The number of hydrogen-bond donors (Lipinski definition) is 3. The zero-order chi connectivity index (χ0) is 13.9. The number of nitrogens with one attached hydrogen (secondary N) is 3. The van der Waals surface area contributed by atoms with Gasteiger partial charge in [-0.05, 0) is 31.0 Å². The van der Waals surface area contributed by atoms with Crippen LogP contribution < -0.4 is 10.6 Å². The van der Waals surface area contributed by atoms with Gasteiger partial charge < -0.3 is 15.6 Å². The first-order valence-corrected chi connectivity index (χ1v) is 7.22. The molecule has 2 unspecified atom stereocenters. The molecule has 2 atom stereocenters. The Bertz CT molecular complexity index is 607. The molecule has 0 spiro atoms. The van der Waals surface area contributed by atoms with Crippen LogP contribution in [-0.4, -0.2) is 35.0 Å². The summed E-state index contributed by atoms with van der Waals surface area (Å²) < 4.78 is 0. The molecular weight excluding hydrogens is 252 g/mol. The molecule has 3 N–H and O–H groups in total. The van der Waals surface area contributed by atoms with Crippen LogP contribution in [0.1, 0.15) is 30.3 Å². The summed E-state index contributed by atoms with van der Waals surface area (Å²) in [5.74, 6) is 0.469. The highest BCUT2D eigenvalue weighted by atomic mass is 16.1. The van der Waals surface area contributed by atoms with Crippen LogP contribution in [0.5, 0.6) is 0 Å². The maximum atomic E-state index is 12.3. The number of piperidine rings is 1. The van der Waals surface area contributed by atoms with Gasteiger partial charge in [0, 0.05) is 24.2 Å². The number of aromatic amines is 1. The zero-order valence-corrected chi connectivity index (χ0v) is 11.6. The Balaban J connectivity index is 1.74. The molecule has 3 rings (SSSR count). The van der Waals surface area contributed by atoms with E-state index < -0.39 is 0 Å². The van der Waals surface area contributed by atoms with Crippen LogP contribution >= 0.6 is 0 Å². The third-order valence-corrected chi connectivity index (χ3v) is 4.14. The quantitative estimate of drug-likeness (QED) is 0.796. The summed E-state index contributed by atoms with van der Waals surface area (Å²) in [5.41, 5.74) is 1.44. The van der Waals surface area contributed by atoms with E-state index >= 15 is 0 Å². The molecule has 5 heteroatoms. The number of hydrogen-bond acceptors (Lipinski definition) is 3. The van der Waals surface area contributed by atoms with Crippen molar-refractivity contribution in [3.63, 3.8) is 0 Å². The topological polar surface area (TPSA) is 69.8 Å². The highest BCUT2D eigenvalue weighted by molar-refractivity contribution is 5.96. The summed E-state index contributed by atoms with van der Waals surface area (Å²) in [6.45, 7) is 4.06. The van der Waals surface area contributed by atoms with E-state index in [1.807, 2.05) is 18.3 Å². The van der Waals surface area contributed by atoms with Gasteiger partial charge in [-0.2, -0.15) is 0 Å². The average Bonchev–Trinajstić information content (AvgIpc) is 2.95. The van der Waals surface area contributed by atoms with Crippen LogP contribution in [0.15, 0.2) is 24.5 Å². The number of H-pyrrole nitrogens is 1. The van der Waals surface area contributed by atoms with Gasteiger partial charge in [-0.3, -0.25) is 4.79 Å². The monoisotopic (exact) mass is 272 g/mol. The molecule has 3 heterocycles.